The van der Waals surface area contributed by atoms with Crippen molar-refractivity contribution in [3.63, 3.8) is 0 Å². The number of carbonyl (C=O) groups excluding carboxylic acids is 2. The molecule has 1 fully saturated rings. The first-order valence-electron chi connectivity index (χ1n) is 6.37. The van der Waals surface area contributed by atoms with Crippen molar-refractivity contribution in [3.05, 3.63) is 24.0 Å². The molecule has 0 bridgehead atoms. The van der Waals surface area contributed by atoms with E-state index >= 15 is 0 Å². The van der Waals surface area contributed by atoms with Gasteiger partial charge in [-0.1, -0.05) is 6.92 Å². The van der Waals surface area contributed by atoms with Crippen LogP contribution in [0.2, 0.25) is 0 Å². The van der Waals surface area contributed by atoms with Crippen LogP contribution < -0.4 is 5.32 Å². The number of nitrogens with one attached hydrogen (secondary N) is 1. The highest BCUT2D eigenvalue weighted by atomic mass is 16.2. The Labute approximate surface area is 112 Å². The second-order valence-corrected chi connectivity index (χ2v) is 4.53. The van der Waals surface area contributed by atoms with Crippen LogP contribution in [0.4, 0.5) is 0 Å². The molecule has 1 aliphatic heterocycles. The van der Waals surface area contributed by atoms with E-state index in [1.165, 1.54) is 6.08 Å². The Balaban J connectivity index is 2.06. The molecule has 1 unspecified atom stereocenters. The van der Waals surface area contributed by atoms with E-state index in [2.05, 4.69) is 10.4 Å². The lowest BCUT2D eigenvalue weighted by molar-refractivity contribution is -0.140. The fourth-order valence-corrected chi connectivity index (χ4v) is 2.17. The standard InChI is InChI=1S/C13H18N4O2/c1-3-11-13(19)14-6-7-17(11)12(18)5-4-10-8-15-16(2)9-10/h4-5,8-9,11H,3,6-7H2,1-2H3,(H,14,19). The summed E-state index contributed by atoms with van der Waals surface area (Å²) in [5, 5.41) is 6.80. The molecule has 1 aromatic heterocycles. The highest BCUT2D eigenvalue weighted by Crippen LogP contribution is 2.10. The molecule has 0 radical (unpaired) electrons. The molecule has 102 valence electrons. The first kappa shape index (κ1) is 13.3. The van der Waals surface area contributed by atoms with Gasteiger partial charge in [0.2, 0.25) is 11.8 Å². The van der Waals surface area contributed by atoms with Crippen LogP contribution in [0.15, 0.2) is 18.5 Å². The van der Waals surface area contributed by atoms with Gasteiger partial charge in [-0.05, 0) is 12.5 Å². The lowest BCUT2D eigenvalue weighted by atomic mass is 10.1. The molecule has 1 saturated heterocycles. The molecular formula is C13H18N4O2. The Hall–Kier alpha value is -2.11. The van der Waals surface area contributed by atoms with Crippen LogP contribution in [0, 0.1) is 0 Å². The molecule has 2 amide bonds. The van der Waals surface area contributed by atoms with Crippen molar-refractivity contribution in [1.29, 1.82) is 0 Å². The van der Waals surface area contributed by atoms with Crippen LogP contribution in [0.1, 0.15) is 18.9 Å². The molecular weight excluding hydrogens is 244 g/mol. The quantitative estimate of drug-likeness (QED) is 0.790. The Bertz CT molecular complexity index is 506. The van der Waals surface area contributed by atoms with Gasteiger partial charge in [-0.2, -0.15) is 5.10 Å². The van der Waals surface area contributed by atoms with Gasteiger partial charge in [0.05, 0.1) is 6.20 Å². The molecule has 1 N–H and O–H groups in total. The average molecular weight is 262 g/mol. The zero-order valence-electron chi connectivity index (χ0n) is 11.2. The van der Waals surface area contributed by atoms with Crippen molar-refractivity contribution in [3.8, 4) is 0 Å². The van der Waals surface area contributed by atoms with Crippen LogP contribution in [0.3, 0.4) is 0 Å². The van der Waals surface area contributed by atoms with Gasteiger partial charge >= 0.3 is 0 Å². The number of rotatable bonds is 3. The molecule has 0 saturated carbocycles. The van der Waals surface area contributed by atoms with Crippen molar-refractivity contribution < 1.29 is 9.59 Å². The summed E-state index contributed by atoms with van der Waals surface area (Å²) in [5.74, 6) is -0.206. The van der Waals surface area contributed by atoms with Gasteiger partial charge in [0, 0.05) is 38.0 Å². The minimum absolute atomic E-state index is 0.0723. The third-order valence-corrected chi connectivity index (χ3v) is 3.14. The minimum atomic E-state index is -0.361. The molecule has 0 aromatic carbocycles. The van der Waals surface area contributed by atoms with Gasteiger partial charge < -0.3 is 10.2 Å². The molecule has 2 rings (SSSR count). The maximum absolute atomic E-state index is 12.1. The zero-order valence-corrected chi connectivity index (χ0v) is 11.2. The summed E-state index contributed by atoms with van der Waals surface area (Å²) in [6, 6.07) is -0.361. The van der Waals surface area contributed by atoms with E-state index in [4.69, 9.17) is 0 Å². The summed E-state index contributed by atoms with van der Waals surface area (Å²) in [5.41, 5.74) is 0.866. The maximum atomic E-state index is 12.1. The van der Waals surface area contributed by atoms with Crippen molar-refractivity contribution in [2.45, 2.75) is 19.4 Å². The first-order chi connectivity index (χ1) is 9.11. The normalized spacial score (nSPS) is 19.8. The first-order valence-corrected chi connectivity index (χ1v) is 6.37. The summed E-state index contributed by atoms with van der Waals surface area (Å²) < 4.78 is 1.67. The summed E-state index contributed by atoms with van der Waals surface area (Å²) in [6.45, 7) is 2.98. The molecule has 0 spiro atoms. The van der Waals surface area contributed by atoms with Crippen molar-refractivity contribution in [1.82, 2.24) is 20.0 Å². The summed E-state index contributed by atoms with van der Waals surface area (Å²) in [7, 11) is 1.82. The van der Waals surface area contributed by atoms with Crippen LogP contribution in [-0.4, -0.2) is 45.6 Å². The zero-order chi connectivity index (χ0) is 13.8. The van der Waals surface area contributed by atoms with Crippen molar-refractivity contribution in [2.75, 3.05) is 13.1 Å². The summed E-state index contributed by atoms with van der Waals surface area (Å²) in [6.07, 6.45) is 7.35. The van der Waals surface area contributed by atoms with Gasteiger partial charge in [0.15, 0.2) is 0 Å². The molecule has 2 heterocycles. The molecule has 6 nitrogen and oxygen atoms in total. The number of carbonyl (C=O) groups is 2. The SMILES string of the molecule is CCC1C(=O)NCCN1C(=O)C=Cc1cnn(C)c1. The monoisotopic (exact) mass is 262 g/mol. The lowest BCUT2D eigenvalue weighted by Crippen LogP contribution is -2.56. The topological polar surface area (TPSA) is 67.2 Å². The molecule has 0 aliphatic carbocycles. The number of hydrogen-bond donors (Lipinski definition) is 1. The number of amides is 2. The largest absolute Gasteiger partial charge is 0.353 e. The fraction of sp³-hybridized carbons (Fsp3) is 0.462. The maximum Gasteiger partial charge on any atom is 0.247 e. The average Bonchev–Trinajstić information content (AvgIpc) is 2.81. The third-order valence-electron chi connectivity index (χ3n) is 3.14. The number of nitrogens with zero attached hydrogens (tertiary/aromatic N) is 3. The predicted molar refractivity (Wildman–Crippen MR) is 71.0 cm³/mol. The van der Waals surface area contributed by atoms with E-state index in [-0.39, 0.29) is 17.9 Å². The van der Waals surface area contributed by atoms with Crippen molar-refractivity contribution in [2.24, 2.45) is 7.05 Å². The molecule has 6 heteroatoms. The van der Waals surface area contributed by atoms with Crippen LogP contribution in [0.25, 0.3) is 6.08 Å². The van der Waals surface area contributed by atoms with E-state index in [0.717, 1.165) is 5.56 Å². The van der Waals surface area contributed by atoms with Gasteiger partial charge in [0.1, 0.15) is 6.04 Å². The van der Waals surface area contributed by atoms with Crippen LogP contribution in [-0.2, 0) is 16.6 Å². The van der Waals surface area contributed by atoms with E-state index in [9.17, 15) is 9.59 Å². The Morgan fingerprint density at radius 1 is 1.63 bits per heavy atom. The Morgan fingerprint density at radius 3 is 3.05 bits per heavy atom. The highest BCUT2D eigenvalue weighted by Gasteiger charge is 2.30. The minimum Gasteiger partial charge on any atom is -0.353 e. The predicted octanol–water partition coefficient (Wildman–Crippen LogP) is 0.170. The van der Waals surface area contributed by atoms with Gasteiger partial charge in [-0.25, -0.2) is 0 Å². The summed E-state index contributed by atoms with van der Waals surface area (Å²) in [4.78, 5) is 25.4. The van der Waals surface area contributed by atoms with Crippen LogP contribution >= 0.6 is 0 Å². The second-order valence-electron chi connectivity index (χ2n) is 4.53. The molecule has 1 aliphatic rings. The number of aromatic nitrogens is 2. The van der Waals surface area contributed by atoms with Crippen molar-refractivity contribution >= 4 is 17.9 Å². The Kier molecular flexibility index (Phi) is 3.99. The van der Waals surface area contributed by atoms with Gasteiger partial charge in [0.25, 0.3) is 0 Å². The fourth-order valence-electron chi connectivity index (χ4n) is 2.17. The number of piperazine rings is 1. The number of hydrogen-bond acceptors (Lipinski definition) is 3. The lowest BCUT2D eigenvalue weighted by Gasteiger charge is -2.33. The summed E-state index contributed by atoms with van der Waals surface area (Å²) >= 11 is 0. The van der Waals surface area contributed by atoms with Crippen LogP contribution in [0.5, 0.6) is 0 Å². The highest BCUT2D eigenvalue weighted by molar-refractivity contribution is 5.96. The van der Waals surface area contributed by atoms with E-state index in [1.807, 2.05) is 20.2 Å². The van der Waals surface area contributed by atoms with E-state index < -0.39 is 0 Å². The van der Waals surface area contributed by atoms with E-state index in [0.29, 0.717) is 19.5 Å². The third kappa shape index (κ3) is 3.01. The molecule has 1 atom stereocenters. The van der Waals surface area contributed by atoms with Gasteiger partial charge in [-0.3, -0.25) is 14.3 Å². The number of aryl methyl sites for hydroxylation is 1. The second kappa shape index (κ2) is 5.69. The van der Waals surface area contributed by atoms with Gasteiger partial charge in [-0.15, -0.1) is 0 Å². The van der Waals surface area contributed by atoms with E-state index in [1.54, 1.807) is 21.9 Å². The molecule has 19 heavy (non-hydrogen) atoms. The molecule has 1 aromatic rings. The Morgan fingerprint density at radius 2 is 2.42 bits per heavy atom. The smallest absolute Gasteiger partial charge is 0.247 e.